The second kappa shape index (κ2) is 5.68. The molecule has 1 atom stereocenters. The highest BCUT2D eigenvalue weighted by Gasteiger charge is 2.23. The Kier molecular flexibility index (Phi) is 3.38. The molecule has 1 aromatic heterocycles. The fourth-order valence-corrected chi connectivity index (χ4v) is 2.63. The van der Waals surface area contributed by atoms with Gasteiger partial charge in [0.1, 0.15) is 13.2 Å². The molecule has 0 bridgehead atoms. The molecule has 0 aliphatic carbocycles. The Balaban J connectivity index is 1.43. The molecule has 3 aromatic rings. The van der Waals surface area contributed by atoms with Gasteiger partial charge < -0.3 is 19.2 Å². The maximum Gasteiger partial charge on any atom is 0.340 e. The molecule has 0 saturated carbocycles. The zero-order valence-electron chi connectivity index (χ0n) is 12.3. The molecular formula is C18H15NO4. The van der Waals surface area contributed by atoms with E-state index in [2.05, 4.69) is 4.98 Å². The molecule has 0 saturated heterocycles. The van der Waals surface area contributed by atoms with E-state index in [1.807, 2.05) is 48.5 Å². The molecule has 0 spiro atoms. The summed E-state index contributed by atoms with van der Waals surface area (Å²) < 4.78 is 16.8. The largest absolute Gasteiger partial charge is 0.486 e. The summed E-state index contributed by atoms with van der Waals surface area (Å²) >= 11 is 0. The lowest BCUT2D eigenvalue weighted by Crippen LogP contribution is -2.34. The number of rotatable bonds is 3. The van der Waals surface area contributed by atoms with Crippen LogP contribution in [0, 0.1) is 0 Å². The number of aromatic nitrogens is 1. The Hall–Kier alpha value is -2.95. The van der Waals surface area contributed by atoms with Crippen molar-refractivity contribution in [2.75, 3.05) is 13.2 Å². The molecule has 0 fully saturated rings. The van der Waals surface area contributed by atoms with Crippen molar-refractivity contribution in [3.05, 3.63) is 60.3 Å². The molecule has 0 amide bonds. The van der Waals surface area contributed by atoms with Crippen LogP contribution >= 0.6 is 0 Å². The quantitative estimate of drug-likeness (QED) is 0.755. The fourth-order valence-electron chi connectivity index (χ4n) is 2.63. The molecule has 23 heavy (non-hydrogen) atoms. The lowest BCUT2D eigenvalue weighted by atomic mass is 10.2. The molecule has 1 unspecified atom stereocenters. The summed E-state index contributed by atoms with van der Waals surface area (Å²) in [4.78, 5) is 15.3. The molecular weight excluding hydrogens is 294 g/mol. The predicted molar refractivity (Wildman–Crippen MR) is 84.9 cm³/mol. The number of aromatic amines is 1. The van der Waals surface area contributed by atoms with E-state index in [4.69, 9.17) is 14.2 Å². The maximum absolute atomic E-state index is 12.3. The topological polar surface area (TPSA) is 60.6 Å². The highest BCUT2D eigenvalue weighted by molar-refractivity contribution is 6.03. The lowest BCUT2D eigenvalue weighted by molar-refractivity contribution is 0.0111. The monoisotopic (exact) mass is 309 g/mol. The number of H-pyrrole nitrogens is 1. The van der Waals surface area contributed by atoms with Crippen LogP contribution in [0.2, 0.25) is 0 Å². The van der Waals surface area contributed by atoms with Crippen molar-refractivity contribution >= 4 is 16.9 Å². The second-order valence-corrected chi connectivity index (χ2v) is 5.34. The number of nitrogens with one attached hydrogen (secondary N) is 1. The minimum absolute atomic E-state index is 0.146. The third-order valence-electron chi connectivity index (χ3n) is 3.78. The van der Waals surface area contributed by atoms with Gasteiger partial charge >= 0.3 is 5.97 Å². The van der Waals surface area contributed by atoms with Gasteiger partial charge in [-0.15, -0.1) is 0 Å². The lowest BCUT2D eigenvalue weighted by Gasteiger charge is -2.25. The van der Waals surface area contributed by atoms with Gasteiger partial charge in [0.25, 0.3) is 0 Å². The Bertz CT molecular complexity index is 855. The number of fused-ring (bicyclic) bond motifs is 2. The van der Waals surface area contributed by atoms with Crippen LogP contribution in [0.4, 0.5) is 0 Å². The van der Waals surface area contributed by atoms with Crippen molar-refractivity contribution in [2.24, 2.45) is 0 Å². The second-order valence-electron chi connectivity index (χ2n) is 5.34. The van der Waals surface area contributed by atoms with Gasteiger partial charge in [0.15, 0.2) is 17.6 Å². The first-order valence-corrected chi connectivity index (χ1v) is 7.43. The van der Waals surface area contributed by atoms with Gasteiger partial charge in [-0.1, -0.05) is 30.3 Å². The number of para-hydroxylation sites is 3. The van der Waals surface area contributed by atoms with Crippen LogP contribution in [0.5, 0.6) is 11.5 Å². The Morgan fingerprint density at radius 3 is 2.83 bits per heavy atom. The Morgan fingerprint density at radius 1 is 1.13 bits per heavy atom. The van der Waals surface area contributed by atoms with Crippen molar-refractivity contribution in [3.8, 4) is 11.5 Å². The standard InChI is InChI=1S/C18H15NO4/c20-18(14-9-19-15-6-2-1-5-13(14)15)22-11-12-10-21-16-7-3-4-8-17(16)23-12/h1-9,12,19H,10-11H2. The molecule has 2 aromatic carbocycles. The maximum atomic E-state index is 12.3. The highest BCUT2D eigenvalue weighted by Crippen LogP contribution is 2.31. The summed E-state index contributed by atoms with van der Waals surface area (Å²) in [6, 6.07) is 15.1. The number of carbonyl (C=O) groups excluding carboxylic acids is 1. The van der Waals surface area contributed by atoms with Crippen LogP contribution in [0.25, 0.3) is 10.9 Å². The highest BCUT2D eigenvalue weighted by atomic mass is 16.6. The smallest absolute Gasteiger partial charge is 0.340 e. The number of ether oxygens (including phenoxy) is 3. The normalized spacial score (nSPS) is 16.3. The van der Waals surface area contributed by atoms with Gasteiger partial charge in [0, 0.05) is 17.1 Å². The first kappa shape index (κ1) is 13.7. The van der Waals surface area contributed by atoms with Gasteiger partial charge in [-0.2, -0.15) is 0 Å². The van der Waals surface area contributed by atoms with Crippen molar-refractivity contribution in [2.45, 2.75) is 6.10 Å². The van der Waals surface area contributed by atoms with Crippen molar-refractivity contribution in [3.63, 3.8) is 0 Å². The summed E-state index contributed by atoms with van der Waals surface area (Å²) in [6.07, 6.45) is 1.36. The first-order chi connectivity index (χ1) is 11.3. The van der Waals surface area contributed by atoms with E-state index in [9.17, 15) is 4.79 Å². The van der Waals surface area contributed by atoms with Crippen LogP contribution in [0.15, 0.2) is 54.7 Å². The van der Waals surface area contributed by atoms with Crippen LogP contribution in [-0.4, -0.2) is 30.3 Å². The van der Waals surface area contributed by atoms with Gasteiger partial charge in [-0.05, 0) is 18.2 Å². The van der Waals surface area contributed by atoms with Gasteiger partial charge in [0.2, 0.25) is 0 Å². The Morgan fingerprint density at radius 2 is 1.91 bits per heavy atom. The van der Waals surface area contributed by atoms with Crippen LogP contribution in [-0.2, 0) is 4.74 Å². The van der Waals surface area contributed by atoms with Crippen LogP contribution < -0.4 is 9.47 Å². The van der Waals surface area contributed by atoms with E-state index >= 15 is 0 Å². The van der Waals surface area contributed by atoms with Crippen LogP contribution in [0.1, 0.15) is 10.4 Å². The number of benzene rings is 2. The van der Waals surface area contributed by atoms with E-state index in [1.165, 1.54) is 0 Å². The van der Waals surface area contributed by atoms with E-state index in [1.54, 1.807) is 6.20 Å². The molecule has 1 N–H and O–H groups in total. The zero-order chi connectivity index (χ0) is 15.6. The first-order valence-electron chi connectivity index (χ1n) is 7.43. The average molecular weight is 309 g/mol. The third kappa shape index (κ3) is 2.61. The summed E-state index contributed by atoms with van der Waals surface area (Å²) in [7, 11) is 0. The molecule has 1 aliphatic rings. The summed E-state index contributed by atoms with van der Waals surface area (Å²) in [5.41, 5.74) is 1.43. The van der Waals surface area contributed by atoms with E-state index in [-0.39, 0.29) is 18.7 Å². The molecule has 5 heteroatoms. The van der Waals surface area contributed by atoms with E-state index < -0.39 is 0 Å². The average Bonchev–Trinajstić information content (AvgIpc) is 3.03. The van der Waals surface area contributed by atoms with Gasteiger partial charge in [-0.25, -0.2) is 4.79 Å². The SMILES string of the molecule is O=C(OCC1COc2ccccc2O1)c1c[nH]c2ccccc12. The molecule has 116 valence electrons. The minimum atomic E-state index is -0.370. The fraction of sp³-hybridized carbons (Fsp3) is 0.167. The zero-order valence-corrected chi connectivity index (χ0v) is 12.3. The third-order valence-corrected chi connectivity index (χ3v) is 3.78. The number of hydrogen-bond acceptors (Lipinski definition) is 4. The van der Waals surface area contributed by atoms with E-state index in [0.29, 0.717) is 23.7 Å². The summed E-state index contributed by atoms with van der Waals surface area (Å²) in [5.74, 6) is 1.02. The Labute approximate surface area is 132 Å². The summed E-state index contributed by atoms with van der Waals surface area (Å²) in [5, 5.41) is 0.851. The summed E-state index contributed by atoms with van der Waals surface area (Å²) in [6.45, 7) is 0.505. The van der Waals surface area contributed by atoms with Crippen molar-refractivity contribution < 1.29 is 19.0 Å². The molecule has 1 aliphatic heterocycles. The van der Waals surface area contributed by atoms with Crippen molar-refractivity contribution in [1.82, 2.24) is 4.98 Å². The molecule has 0 radical (unpaired) electrons. The van der Waals surface area contributed by atoms with Gasteiger partial charge in [-0.3, -0.25) is 0 Å². The van der Waals surface area contributed by atoms with E-state index in [0.717, 1.165) is 10.9 Å². The predicted octanol–water partition coefficient (Wildman–Crippen LogP) is 3.16. The van der Waals surface area contributed by atoms with Crippen LogP contribution in [0.3, 0.4) is 0 Å². The molecule has 2 heterocycles. The molecule has 4 rings (SSSR count). The number of hydrogen-bond donors (Lipinski definition) is 1. The molecule has 5 nitrogen and oxygen atoms in total. The number of carbonyl (C=O) groups is 1. The minimum Gasteiger partial charge on any atom is -0.486 e. The van der Waals surface area contributed by atoms with Gasteiger partial charge in [0.05, 0.1) is 5.56 Å². The van der Waals surface area contributed by atoms with Crippen molar-refractivity contribution in [1.29, 1.82) is 0 Å². The number of esters is 1.